The van der Waals surface area contributed by atoms with Gasteiger partial charge in [0.1, 0.15) is 5.69 Å². The molecule has 0 aliphatic carbocycles. The molecule has 1 N–H and O–H groups in total. The van der Waals surface area contributed by atoms with Gasteiger partial charge >= 0.3 is 5.97 Å². The van der Waals surface area contributed by atoms with E-state index in [1.807, 2.05) is 0 Å². The molecule has 0 fully saturated rings. The minimum atomic E-state index is -1.23. The van der Waals surface area contributed by atoms with Gasteiger partial charge in [0.05, 0.1) is 0 Å². The topological polar surface area (TPSA) is 94.5 Å². The van der Waals surface area contributed by atoms with E-state index in [2.05, 4.69) is 5.32 Å². The normalized spacial score (nSPS) is 11.5. The van der Waals surface area contributed by atoms with Gasteiger partial charge in [0.2, 0.25) is 6.10 Å². The zero-order chi connectivity index (χ0) is 22.5. The Kier molecular flexibility index (Phi) is 6.45. The van der Waals surface area contributed by atoms with E-state index < -0.39 is 18.0 Å². The fourth-order valence-electron chi connectivity index (χ4n) is 3.05. The lowest BCUT2D eigenvalue weighted by Crippen LogP contribution is -2.26. The lowest BCUT2D eigenvalue weighted by Gasteiger charge is -2.18. The summed E-state index contributed by atoms with van der Waals surface area (Å²) in [5.41, 5.74) is 1.87. The molecule has 0 unspecified atom stereocenters. The molecule has 3 rings (SSSR count). The number of carbonyl (C=O) groups excluding carboxylic acids is 4. The molecule has 1 amide bonds. The van der Waals surface area contributed by atoms with Gasteiger partial charge in [0.25, 0.3) is 5.91 Å². The molecule has 7 nitrogen and oxygen atoms in total. The minimum absolute atomic E-state index is 0.132. The van der Waals surface area contributed by atoms with Gasteiger partial charge in [-0.1, -0.05) is 42.5 Å². The summed E-state index contributed by atoms with van der Waals surface area (Å²) in [6, 6.07) is 16.5. The van der Waals surface area contributed by atoms with Gasteiger partial charge in [-0.2, -0.15) is 0 Å². The summed E-state index contributed by atoms with van der Waals surface area (Å²) in [6.07, 6.45) is 0.300. The number of rotatable bonds is 7. The Morgan fingerprint density at radius 1 is 0.871 bits per heavy atom. The first kappa shape index (κ1) is 21.7. The van der Waals surface area contributed by atoms with Crippen LogP contribution >= 0.6 is 0 Å². The van der Waals surface area contributed by atoms with Crippen molar-refractivity contribution in [2.24, 2.45) is 7.05 Å². The van der Waals surface area contributed by atoms with Crippen LogP contribution in [0.4, 0.5) is 5.69 Å². The molecule has 2 aromatic carbocycles. The molecule has 0 saturated heterocycles. The maximum absolute atomic E-state index is 13.0. The van der Waals surface area contributed by atoms with Crippen molar-refractivity contribution in [1.82, 2.24) is 4.57 Å². The van der Waals surface area contributed by atoms with Gasteiger partial charge < -0.3 is 14.6 Å². The molecule has 0 aliphatic rings. The van der Waals surface area contributed by atoms with Gasteiger partial charge in [0.15, 0.2) is 11.6 Å². The van der Waals surface area contributed by atoms with Crippen LogP contribution in [-0.2, 0) is 16.6 Å². The summed E-state index contributed by atoms with van der Waals surface area (Å²) < 4.78 is 7.04. The number of aryl methyl sites for hydroxylation is 1. The summed E-state index contributed by atoms with van der Waals surface area (Å²) in [5, 5.41) is 2.70. The standard InChI is InChI=1S/C24H22N2O5/c1-15(27)18-10-7-11-20(12-18)25-23(29)22(17-8-5-4-6-9-17)31-24(30)21-13-19(16(2)28)14-26(21)3/h4-14,22H,1-3H3,(H,25,29)/t22-/m1/s1. The monoisotopic (exact) mass is 418 g/mol. The van der Waals surface area contributed by atoms with Gasteiger partial charge in [-0.3, -0.25) is 14.4 Å². The molecule has 158 valence electrons. The molecule has 0 aliphatic heterocycles. The zero-order valence-electron chi connectivity index (χ0n) is 17.4. The predicted octanol–water partition coefficient (Wildman–Crippen LogP) is 3.97. The Morgan fingerprint density at radius 2 is 1.55 bits per heavy atom. The molecule has 0 saturated carbocycles. The van der Waals surface area contributed by atoms with Crippen molar-refractivity contribution in [3.63, 3.8) is 0 Å². The molecule has 1 aromatic heterocycles. The van der Waals surface area contributed by atoms with E-state index in [1.165, 1.54) is 30.7 Å². The summed E-state index contributed by atoms with van der Waals surface area (Å²) in [6.45, 7) is 2.84. The number of aromatic nitrogens is 1. The maximum atomic E-state index is 13.0. The van der Waals surface area contributed by atoms with Crippen LogP contribution in [-0.4, -0.2) is 28.0 Å². The number of esters is 1. The minimum Gasteiger partial charge on any atom is -0.443 e. The lowest BCUT2D eigenvalue weighted by molar-refractivity contribution is -0.125. The molecule has 0 bridgehead atoms. The van der Waals surface area contributed by atoms with Crippen molar-refractivity contribution in [1.29, 1.82) is 0 Å². The van der Waals surface area contributed by atoms with E-state index in [0.29, 0.717) is 22.4 Å². The largest absolute Gasteiger partial charge is 0.443 e. The molecule has 7 heteroatoms. The van der Waals surface area contributed by atoms with Gasteiger partial charge in [0, 0.05) is 35.6 Å². The van der Waals surface area contributed by atoms with Crippen LogP contribution in [0.3, 0.4) is 0 Å². The van der Waals surface area contributed by atoms with Crippen LogP contribution in [0.2, 0.25) is 0 Å². The molecule has 1 atom stereocenters. The number of anilines is 1. The average Bonchev–Trinajstić information content (AvgIpc) is 3.14. The SMILES string of the molecule is CC(=O)c1cccc(NC(=O)[C@H](OC(=O)c2cc(C(C)=O)cn2C)c2ccccc2)c1. The summed E-state index contributed by atoms with van der Waals surface area (Å²) in [5.74, 6) is -1.62. The Labute approximate surface area is 179 Å². The number of benzene rings is 2. The van der Waals surface area contributed by atoms with Crippen LogP contribution in [0.5, 0.6) is 0 Å². The summed E-state index contributed by atoms with van der Waals surface area (Å²) >= 11 is 0. The first-order valence-corrected chi connectivity index (χ1v) is 9.61. The number of carbonyl (C=O) groups is 4. The predicted molar refractivity (Wildman–Crippen MR) is 115 cm³/mol. The number of Topliss-reactive ketones (excluding diaryl/α,β-unsaturated/α-hetero) is 2. The second kappa shape index (κ2) is 9.21. The summed E-state index contributed by atoms with van der Waals surface area (Å²) in [4.78, 5) is 49.1. The lowest BCUT2D eigenvalue weighted by atomic mass is 10.1. The maximum Gasteiger partial charge on any atom is 0.356 e. The highest BCUT2D eigenvalue weighted by atomic mass is 16.5. The highest BCUT2D eigenvalue weighted by molar-refractivity contribution is 6.01. The molecule has 0 spiro atoms. The van der Waals surface area contributed by atoms with Crippen molar-refractivity contribution < 1.29 is 23.9 Å². The van der Waals surface area contributed by atoms with Crippen molar-refractivity contribution in [3.05, 3.63) is 89.2 Å². The fraction of sp³-hybridized carbons (Fsp3) is 0.167. The highest BCUT2D eigenvalue weighted by Crippen LogP contribution is 2.23. The molecular weight excluding hydrogens is 396 g/mol. The Hall–Kier alpha value is -4.00. The molecule has 0 radical (unpaired) electrons. The quantitative estimate of drug-likeness (QED) is 0.463. The third kappa shape index (κ3) is 5.14. The van der Waals surface area contributed by atoms with Gasteiger partial charge in [-0.05, 0) is 32.0 Å². The van der Waals surface area contributed by atoms with Crippen molar-refractivity contribution in [3.8, 4) is 0 Å². The van der Waals surface area contributed by atoms with Gasteiger partial charge in [-0.25, -0.2) is 4.79 Å². The first-order valence-electron chi connectivity index (χ1n) is 9.61. The van der Waals surface area contributed by atoms with Crippen LogP contribution in [0.1, 0.15) is 56.7 Å². The van der Waals surface area contributed by atoms with Crippen molar-refractivity contribution in [2.75, 3.05) is 5.32 Å². The van der Waals surface area contributed by atoms with E-state index >= 15 is 0 Å². The molecule has 3 aromatic rings. The van der Waals surface area contributed by atoms with Gasteiger partial charge in [-0.15, -0.1) is 0 Å². The number of ether oxygens (including phenoxy) is 1. The number of hydrogen-bond donors (Lipinski definition) is 1. The number of hydrogen-bond acceptors (Lipinski definition) is 5. The number of nitrogens with zero attached hydrogens (tertiary/aromatic N) is 1. The Bertz CT molecular complexity index is 1150. The van der Waals surface area contributed by atoms with Crippen molar-refractivity contribution in [2.45, 2.75) is 20.0 Å². The summed E-state index contributed by atoms with van der Waals surface area (Å²) in [7, 11) is 1.62. The van der Waals surface area contributed by atoms with E-state index in [1.54, 1.807) is 61.6 Å². The van der Waals surface area contributed by atoms with Crippen LogP contribution in [0.25, 0.3) is 0 Å². The van der Waals surface area contributed by atoms with Crippen LogP contribution in [0, 0.1) is 0 Å². The zero-order valence-corrected chi connectivity index (χ0v) is 17.4. The third-order valence-electron chi connectivity index (χ3n) is 4.72. The van der Waals surface area contributed by atoms with Crippen LogP contribution < -0.4 is 5.32 Å². The molecular formula is C24H22N2O5. The van der Waals surface area contributed by atoms with E-state index in [4.69, 9.17) is 4.74 Å². The van der Waals surface area contributed by atoms with E-state index in [9.17, 15) is 19.2 Å². The van der Waals surface area contributed by atoms with E-state index in [-0.39, 0.29) is 17.3 Å². The van der Waals surface area contributed by atoms with E-state index in [0.717, 1.165) is 0 Å². The Morgan fingerprint density at radius 3 is 2.16 bits per heavy atom. The Balaban J connectivity index is 1.88. The molecule has 31 heavy (non-hydrogen) atoms. The second-order valence-electron chi connectivity index (χ2n) is 7.10. The average molecular weight is 418 g/mol. The number of ketones is 2. The number of amides is 1. The van der Waals surface area contributed by atoms with Crippen molar-refractivity contribution >= 4 is 29.1 Å². The second-order valence-corrected chi connectivity index (χ2v) is 7.10. The fourth-order valence-corrected chi connectivity index (χ4v) is 3.05. The number of nitrogens with one attached hydrogen (secondary N) is 1. The molecule has 1 heterocycles. The highest BCUT2D eigenvalue weighted by Gasteiger charge is 2.27. The first-order chi connectivity index (χ1) is 14.8. The smallest absolute Gasteiger partial charge is 0.356 e. The third-order valence-corrected chi connectivity index (χ3v) is 4.72. The van der Waals surface area contributed by atoms with Crippen LogP contribution in [0.15, 0.2) is 66.9 Å².